The Labute approximate surface area is 96.5 Å². The molecule has 0 aromatic carbocycles. The van der Waals surface area contributed by atoms with Crippen LogP contribution in [0.25, 0.3) is 0 Å². The van der Waals surface area contributed by atoms with Crippen LogP contribution in [0.2, 0.25) is 5.15 Å². The molecule has 1 aromatic heterocycles. The minimum absolute atomic E-state index is 0.509. The van der Waals surface area contributed by atoms with Gasteiger partial charge in [-0.15, -0.1) is 0 Å². The number of hydrogen-bond acceptors (Lipinski definition) is 3. The predicted octanol–water partition coefficient (Wildman–Crippen LogP) is 3.06. The molecule has 0 aliphatic heterocycles. The van der Waals surface area contributed by atoms with Crippen molar-refractivity contribution in [1.29, 1.82) is 0 Å². The highest BCUT2D eigenvalue weighted by Crippen LogP contribution is 2.23. The molecule has 0 saturated heterocycles. The van der Waals surface area contributed by atoms with Crippen LogP contribution in [0, 0.1) is 6.92 Å². The second kappa shape index (κ2) is 5.31. The largest absolute Gasteiger partial charge is 0.356 e. The normalized spacial score (nSPS) is 10.8. The Hall–Kier alpha value is -0.830. The lowest BCUT2D eigenvalue weighted by Crippen LogP contribution is -2.31. The van der Waals surface area contributed by atoms with Gasteiger partial charge in [0.05, 0.1) is 0 Å². The van der Waals surface area contributed by atoms with E-state index in [1.54, 1.807) is 0 Å². The molecule has 4 heteroatoms. The maximum Gasteiger partial charge on any atom is 0.137 e. The Morgan fingerprint density at radius 2 is 1.93 bits per heavy atom. The van der Waals surface area contributed by atoms with Crippen LogP contribution < -0.4 is 4.90 Å². The van der Waals surface area contributed by atoms with Gasteiger partial charge in [-0.1, -0.05) is 25.4 Å². The average Bonchev–Trinajstić information content (AvgIpc) is 2.23. The van der Waals surface area contributed by atoms with E-state index in [2.05, 4.69) is 35.8 Å². The minimum Gasteiger partial charge on any atom is -0.356 e. The van der Waals surface area contributed by atoms with Crippen molar-refractivity contribution in [2.45, 2.75) is 39.7 Å². The molecule has 0 bridgehead atoms. The number of halogens is 1. The summed E-state index contributed by atoms with van der Waals surface area (Å²) < 4.78 is 0. The van der Waals surface area contributed by atoms with Crippen LogP contribution in [0.4, 0.5) is 5.82 Å². The molecule has 3 nitrogen and oxygen atoms in total. The van der Waals surface area contributed by atoms with E-state index in [4.69, 9.17) is 11.6 Å². The van der Waals surface area contributed by atoms with Gasteiger partial charge >= 0.3 is 0 Å². The Kier molecular flexibility index (Phi) is 4.33. The van der Waals surface area contributed by atoms with Crippen molar-refractivity contribution in [3.05, 3.63) is 17.0 Å². The van der Waals surface area contributed by atoms with Gasteiger partial charge in [-0.25, -0.2) is 9.97 Å². The quantitative estimate of drug-likeness (QED) is 0.741. The number of aromatic nitrogens is 2. The summed E-state index contributed by atoms with van der Waals surface area (Å²) in [7, 11) is 2.06. The van der Waals surface area contributed by atoms with Gasteiger partial charge in [0.1, 0.15) is 17.3 Å². The van der Waals surface area contributed by atoms with Gasteiger partial charge in [0.15, 0.2) is 0 Å². The first-order chi connectivity index (χ1) is 7.11. The summed E-state index contributed by atoms with van der Waals surface area (Å²) >= 11 is 5.97. The summed E-state index contributed by atoms with van der Waals surface area (Å²) in [5.74, 6) is 0.934. The Morgan fingerprint density at radius 1 is 1.33 bits per heavy atom. The molecule has 0 saturated carbocycles. The fraction of sp³-hybridized carbons (Fsp3) is 0.636. The van der Waals surface area contributed by atoms with Crippen molar-refractivity contribution in [2.75, 3.05) is 11.9 Å². The lowest BCUT2D eigenvalue weighted by Gasteiger charge is -2.28. The summed E-state index contributed by atoms with van der Waals surface area (Å²) in [5, 5.41) is 0.540. The smallest absolute Gasteiger partial charge is 0.137 e. The Morgan fingerprint density at radius 3 is 2.47 bits per heavy atom. The van der Waals surface area contributed by atoms with Gasteiger partial charge in [-0.05, 0) is 19.8 Å². The Balaban J connectivity index is 2.99. The van der Waals surface area contributed by atoms with Crippen molar-refractivity contribution >= 4 is 17.4 Å². The van der Waals surface area contributed by atoms with Gasteiger partial charge < -0.3 is 4.90 Å². The molecule has 1 aromatic rings. The third-order valence-electron chi connectivity index (χ3n) is 2.82. The molecule has 0 amide bonds. The molecule has 0 fully saturated rings. The van der Waals surface area contributed by atoms with Crippen LogP contribution in [0.3, 0.4) is 0 Å². The van der Waals surface area contributed by atoms with E-state index in [1.807, 2.05) is 6.92 Å². The number of rotatable bonds is 4. The van der Waals surface area contributed by atoms with Crippen molar-refractivity contribution in [1.82, 2.24) is 9.97 Å². The van der Waals surface area contributed by atoms with Gasteiger partial charge in [0.2, 0.25) is 0 Å². The van der Waals surface area contributed by atoms with Gasteiger partial charge in [-0.3, -0.25) is 0 Å². The molecule has 15 heavy (non-hydrogen) atoms. The van der Waals surface area contributed by atoms with Crippen molar-refractivity contribution in [2.24, 2.45) is 0 Å². The zero-order valence-corrected chi connectivity index (χ0v) is 10.5. The van der Waals surface area contributed by atoms with Crippen LogP contribution in [-0.2, 0) is 0 Å². The molecule has 0 aliphatic rings. The standard InChI is InChI=1S/C11H18ClN3/c1-5-9(6-2)15(4)11-8(3)10(12)13-7-14-11/h7,9H,5-6H2,1-4H3. The fourth-order valence-electron chi connectivity index (χ4n) is 1.79. The summed E-state index contributed by atoms with van der Waals surface area (Å²) in [6.45, 7) is 6.32. The predicted molar refractivity (Wildman–Crippen MR) is 64.6 cm³/mol. The topological polar surface area (TPSA) is 29.0 Å². The number of nitrogens with zero attached hydrogens (tertiary/aromatic N) is 3. The van der Waals surface area contributed by atoms with E-state index in [1.165, 1.54) is 6.33 Å². The van der Waals surface area contributed by atoms with Crippen molar-refractivity contribution in [3.8, 4) is 0 Å². The number of anilines is 1. The van der Waals surface area contributed by atoms with Crippen LogP contribution in [0.1, 0.15) is 32.3 Å². The molecular weight excluding hydrogens is 210 g/mol. The summed E-state index contributed by atoms with van der Waals surface area (Å²) in [4.78, 5) is 10.4. The molecule has 1 rings (SSSR count). The van der Waals surface area contributed by atoms with Crippen molar-refractivity contribution in [3.63, 3.8) is 0 Å². The lowest BCUT2D eigenvalue weighted by atomic mass is 10.1. The van der Waals surface area contributed by atoms with E-state index < -0.39 is 0 Å². The van der Waals surface area contributed by atoms with Crippen LogP contribution in [0.15, 0.2) is 6.33 Å². The monoisotopic (exact) mass is 227 g/mol. The van der Waals surface area contributed by atoms with E-state index >= 15 is 0 Å². The maximum absolute atomic E-state index is 5.97. The summed E-state index contributed by atoms with van der Waals surface area (Å²) in [5.41, 5.74) is 0.952. The van der Waals surface area contributed by atoms with Gasteiger partial charge in [-0.2, -0.15) is 0 Å². The molecule has 0 radical (unpaired) electrons. The molecule has 0 atom stereocenters. The SMILES string of the molecule is CCC(CC)N(C)c1ncnc(Cl)c1C. The molecular formula is C11H18ClN3. The van der Waals surface area contributed by atoms with Crippen LogP contribution >= 0.6 is 11.6 Å². The first kappa shape index (κ1) is 12.2. The van der Waals surface area contributed by atoms with E-state index in [-0.39, 0.29) is 0 Å². The molecule has 1 heterocycles. The highest BCUT2D eigenvalue weighted by Gasteiger charge is 2.15. The van der Waals surface area contributed by atoms with Crippen molar-refractivity contribution < 1.29 is 0 Å². The molecule has 84 valence electrons. The molecule has 0 unspecified atom stereocenters. The maximum atomic E-state index is 5.97. The van der Waals surface area contributed by atoms with Gasteiger partial charge in [0, 0.05) is 18.7 Å². The molecule has 0 spiro atoms. The first-order valence-electron chi connectivity index (χ1n) is 5.31. The summed E-state index contributed by atoms with van der Waals surface area (Å²) in [6, 6.07) is 0.509. The average molecular weight is 228 g/mol. The fourth-order valence-corrected chi connectivity index (χ4v) is 1.91. The third kappa shape index (κ3) is 2.59. The highest BCUT2D eigenvalue weighted by atomic mass is 35.5. The second-order valence-corrected chi connectivity index (χ2v) is 4.05. The molecule has 0 N–H and O–H groups in total. The van der Waals surface area contributed by atoms with Crippen LogP contribution in [-0.4, -0.2) is 23.1 Å². The second-order valence-electron chi connectivity index (χ2n) is 3.69. The van der Waals surface area contributed by atoms with E-state index in [0.717, 1.165) is 24.2 Å². The zero-order chi connectivity index (χ0) is 11.4. The highest BCUT2D eigenvalue weighted by molar-refractivity contribution is 6.30. The van der Waals surface area contributed by atoms with E-state index in [9.17, 15) is 0 Å². The van der Waals surface area contributed by atoms with Crippen LogP contribution in [0.5, 0.6) is 0 Å². The van der Waals surface area contributed by atoms with E-state index in [0.29, 0.717) is 11.2 Å². The lowest BCUT2D eigenvalue weighted by molar-refractivity contribution is 0.585. The zero-order valence-electron chi connectivity index (χ0n) is 9.79. The minimum atomic E-state index is 0.509. The number of hydrogen-bond donors (Lipinski definition) is 0. The summed E-state index contributed by atoms with van der Waals surface area (Å²) in [6.07, 6.45) is 3.73. The van der Waals surface area contributed by atoms with Gasteiger partial charge in [0.25, 0.3) is 0 Å². The third-order valence-corrected chi connectivity index (χ3v) is 3.20. The first-order valence-corrected chi connectivity index (χ1v) is 5.69. The molecule has 0 aliphatic carbocycles. The Bertz CT molecular complexity index is 324.